The molecule has 4 rings (SSSR count). The number of benzene rings is 1. The molecule has 0 spiro atoms. The Balaban J connectivity index is 1.92. The highest BCUT2D eigenvalue weighted by Crippen LogP contribution is 2.26. The lowest BCUT2D eigenvalue weighted by Crippen LogP contribution is -2.17. The zero-order chi connectivity index (χ0) is 16.0. The van der Waals surface area contributed by atoms with Gasteiger partial charge in [0.2, 0.25) is 5.78 Å². The lowest BCUT2D eigenvalue weighted by atomic mass is 10.1. The molecule has 1 atom stereocenters. The molecule has 114 valence electrons. The standard InChI is InChI=1S/C17H13BrN4O/c1-10-15(23)14-17(20-13-8-4-5-9-22(13)14)21-16(19-10)11-6-2-3-7-12(11)18/h2-10H,1H3,(H,19,21)/t10-/m0/s1. The first-order valence-corrected chi connectivity index (χ1v) is 8.05. The minimum absolute atomic E-state index is 0.0479. The highest BCUT2D eigenvalue weighted by Gasteiger charge is 2.28. The fraction of sp³-hybridized carbons (Fsp3) is 0.118. The maximum Gasteiger partial charge on any atom is 0.207 e. The van der Waals surface area contributed by atoms with E-state index in [0.29, 0.717) is 17.3 Å². The first kappa shape index (κ1) is 14.1. The van der Waals surface area contributed by atoms with Crippen LogP contribution in [-0.4, -0.2) is 27.0 Å². The number of anilines is 1. The molecule has 3 heterocycles. The summed E-state index contributed by atoms with van der Waals surface area (Å²) in [5.74, 6) is 1.13. The van der Waals surface area contributed by atoms with Crippen LogP contribution in [0.1, 0.15) is 23.0 Å². The highest BCUT2D eigenvalue weighted by atomic mass is 79.9. The molecule has 6 heteroatoms. The van der Waals surface area contributed by atoms with E-state index < -0.39 is 6.04 Å². The molecular weight excluding hydrogens is 356 g/mol. The maximum atomic E-state index is 12.8. The molecule has 0 saturated carbocycles. The normalized spacial score (nSPS) is 17.4. The number of hydrogen-bond donors (Lipinski definition) is 1. The van der Waals surface area contributed by atoms with Gasteiger partial charge in [-0.2, -0.15) is 0 Å². The number of carbonyl (C=O) groups excluding carboxylic acids is 1. The van der Waals surface area contributed by atoms with Gasteiger partial charge in [0.1, 0.15) is 23.2 Å². The van der Waals surface area contributed by atoms with Gasteiger partial charge in [-0.1, -0.05) is 40.2 Å². The molecule has 0 radical (unpaired) electrons. The lowest BCUT2D eigenvalue weighted by molar-refractivity contribution is 0.0965. The average Bonchev–Trinajstić information content (AvgIpc) is 2.86. The van der Waals surface area contributed by atoms with Gasteiger partial charge < -0.3 is 5.32 Å². The number of hydrogen-bond acceptors (Lipinski definition) is 4. The Bertz CT molecular complexity index is 960. The Morgan fingerprint density at radius 2 is 1.96 bits per heavy atom. The van der Waals surface area contributed by atoms with Crippen molar-refractivity contribution in [2.24, 2.45) is 4.99 Å². The molecule has 1 aliphatic heterocycles. The van der Waals surface area contributed by atoms with Crippen LogP contribution in [-0.2, 0) is 0 Å². The Labute approximate surface area is 141 Å². The van der Waals surface area contributed by atoms with Crippen LogP contribution in [0.3, 0.4) is 0 Å². The van der Waals surface area contributed by atoms with Crippen molar-refractivity contribution in [1.29, 1.82) is 0 Å². The van der Waals surface area contributed by atoms with E-state index in [9.17, 15) is 4.79 Å². The number of amidine groups is 1. The van der Waals surface area contributed by atoms with Crippen molar-refractivity contribution in [3.05, 3.63) is 64.4 Å². The van der Waals surface area contributed by atoms with Gasteiger partial charge in [-0.15, -0.1) is 0 Å². The molecule has 0 amide bonds. The SMILES string of the molecule is C[C@@H]1N=C(c2ccccc2Br)Nc2nc3ccccn3c2C1=O. The number of aromatic nitrogens is 2. The second-order valence-corrected chi connectivity index (χ2v) is 6.21. The molecule has 1 N–H and O–H groups in total. The molecule has 3 aromatic rings. The number of nitrogens with zero attached hydrogens (tertiary/aromatic N) is 3. The molecular formula is C17H13BrN4O. The predicted octanol–water partition coefficient (Wildman–Crippen LogP) is 3.54. The minimum Gasteiger partial charge on any atom is -0.323 e. The fourth-order valence-electron chi connectivity index (χ4n) is 2.70. The van der Waals surface area contributed by atoms with E-state index in [-0.39, 0.29) is 5.78 Å². The zero-order valence-electron chi connectivity index (χ0n) is 12.3. The van der Waals surface area contributed by atoms with Crippen molar-refractivity contribution < 1.29 is 4.79 Å². The number of rotatable bonds is 1. The summed E-state index contributed by atoms with van der Waals surface area (Å²) in [6.45, 7) is 1.80. The van der Waals surface area contributed by atoms with Gasteiger partial charge in [-0.05, 0) is 25.1 Å². The summed E-state index contributed by atoms with van der Waals surface area (Å²) in [7, 11) is 0. The Hall–Kier alpha value is -2.47. The third-order valence-corrected chi connectivity index (χ3v) is 4.52. The predicted molar refractivity (Wildman–Crippen MR) is 93.3 cm³/mol. The van der Waals surface area contributed by atoms with Crippen LogP contribution in [0.25, 0.3) is 5.65 Å². The van der Waals surface area contributed by atoms with E-state index in [2.05, 4.69) is 31.2 Å². The van der Waals surface area contributed by atoms with Crippen molar-refractivity contribution in [2.75, 3.05) is 5.32 Å². The summed E-state index contributed by atoms with van der Waals surface area (Å²) < 4.78 is 2.72. The number of aliphatic imine (C=N–C) groups is 1. The molecule has 0 fully saturated rings. The molecule has 23 heavy (non-hydrogen) atoms. The summed E-state index contributed by atoms with van der Waals surface area (Å²) in [5, 5.41) is 3.23. The molecule has 1 aliphatic rings. The number of halogens is 1. The van der Waals surface area contributed by atoms with E-state index in [1.165, 1.54) is 0 Å². The number of ketones is 1. The lowest BCUT2D eigenvalue weighted by Gasteiger charge is -2.09. The van der Waals surface area contributed by atoms with E-state index in [4.69, 9.17) is 0 Å². The number of fused-ring (bicyclic) bond motifs is 3. The van der Waals surface area contributed by atoms with Crippen molar-refractivity contribution in [3.63, 3.8) is 0 Å². The average molecular weight is 369 g/mol. The number of nitrogens with one attached hydrogen (secondary N) is 1. The molecule has 2 aromatic heterocycles. The number of Topliss-reactive ketones (excluding diaryl/α,β-unsaturated/α-hetero) is 1. The summed E-state index contributed by atoms with van der Waals surface area (Å²) in [6, 6.07) is 13.0. The van der Waals surface area contributed by atoms with E-state index in [1.807, 2.05) is 48.7 Å². The smallest absolute Gasteiger partial charge is 0.207 e. The van der Waals surface area contributed by atoms with Crippen LogP contribution < -0.4 is 5.32 Å². The Kier molecular flexibility index (Phi) is 3.27. The topological polar surface area (TPSA) is 58.8 Å². The molecule has 0 bridgehead atoms. The van der Waals surface area contributed by atoms with Crippen LogP contribution in [0, 0.1) is 0 Å². The monoisotopic (exact) mass is 368 g/mol. The molecule has 0 unspecified atom stereocenters. The highest BCUT2D eigenvalue weighted by molar-refractivity contribution is 9.10. The van der Waals surface area contributed by atoms with Crippen molar-refractivity contribution in [2.45, 2.75) is 13.0 Å². The summed E-state index contributed by atoms with van der Waals surface area (Å²) in [4.78, 5) is 21.8. The largest absolute Gasteiger partial charge is 0.323 e. The third-order valence-electron chi connectivity index (χ3n) is 3.83. The summed E-state index contributed by atoms with van der Waals surface area (Å²) in [6.07, 6.45) is 1.84. The number of imidazole rings is 1. The first-order chi connectivity index (χ1) is 11.1. The van der Waals surface area contributed by atoms with Crippen LogP contribution in [0.5, 0.6) is 0 Å². The Morgan fingerprint density at radius 1 is 1.17 bits per heavy atom. The molecule has 1 aromatic carbocycles. The van der Waals surface area contributed by atoms with E-state index in [0.717, 1.165) is 15.7 Å². The van der Waals surface area contributed by atoms with E-state index in [1.54, 1.807) is 11.3 Å². The second kappa shape index (κ2) is 5.31. The number of carbonyl (C=O) groups is 1. The first-order valence-electron chi connectivity index (χ1n) is 7.26. The van der Waals surface area contributed by atoms with Gasteiger partial charge in [0.25, 0.3) is 0 Å². The van der Waals surface area contributed by atoms with Crippen molar-refractivity contribution in [1.82, 2.24) is 9.38 Å². The van der Waals surface area contributed by atoms with Crippen molar-refractivity contribution in [3.8, 4) is 0 Å². The molecule has 5 nitrogen and oxygen atoms in total. The van der Waals surface area contributed by atoms with Crippen LogP contribution in [0.4, 0.5) is 5.82 Å². The van der Waals surface area contributed by atoms with E-state index >= 15 is 0 Å². The quantitative estimate of drug-likeness (QED) is 0.714. The van der Waals surface area contributed by atoms with Crippen LogP contribution in [0.15, 0.2) is 58.1 Å². The van der Waals surface area contributed by atoms with Crippen LogP contribution >= 0.6 is 15.9 Å². The second-order valence-electron chi connectivity index (χ2n) is 5.36. The van der Waals surface area contributed by atoms with Gasteiger partial charge in [-0.3, -0.25) is 14.2 Å². The van der Waals surface area contributed by atoms with Gasteiger partial charge in [0.05, 0.1) is 0 Å². The van der Waals surface area contributed by atoms with Gasteiger partial charge >= 0.3 is 0 Å². The van der Waals surface area contributed by atoms with Crippen LogP contribution in [0.2, 0.25) is 0 Å². The zero-order valence-corrected chi connectivity index (χ0v) is 13.9. The molecule has 0 aliphatic carbocycles. The number of pyridine rings is 1. The summed E-state index contributed by atoms with van der Waals surface area (Å²) >= 11 is 3.54. The van der Waals surface area contributed by atoms with Gasteiger partial charge in [-0.25, -0.2) is 4.98 Å². The minimum atomic E-state index is -0.481. The maximum absolute atomic E-state index is 12.8. The fourth-order valence-corrected chi connectivity index (χ4v) is 3.18. The third kappa shape index (κ3) is 2.26. The van der Waals surface area contributed by atoms with Gasteiger partial charge in [0, 0.05) is 16.2 Å². The summed E-state index contributed by atoms with van der Waals surface area (Å²) in [5.41, 5.74) is 2.18. The molecule has 0 saturated heterocycles. The van der Waals surface area contributed by atoms with Gasteiger partial charge in [0.15, 0.2) is 5.82 Å². The Morgan fingerprint density at radius 3 is 2.78 bits per heavy atom. The van der Waals surface area contributed by atoms with Crippen molar-refractivity contribution >= 4 is 39.0 Å².